The minimum absolute atomic E-state index is 0.0408. The second-order valence-corrected chi connectivity index (χ2v) is 4.74. The molecule has 2 N–H and O–H groups in total. The van der Waals surface area contributed by atoms with Gasteiger partial charge in [-0.25, -0.2) is 0 Å². The third-order valence-electron chi connectivity index (χ3n) is 3.14. The van der Waals surface area contributed by atoms with Crippen LogP contribution in [0.1, 0.15) is 35.7 Å². The highest BCUT2D eigenvalue weighted by molar-refractivity contribution is 5.17. The molecule has 2 aromatic heterocycles. The third kappa shape index (κ3) is 2.46. The Morgan fingerprint density at radius 1 is 1.22 bits per heavy atom. The monoisotopic (exact) mass is 247 g/mol. The summed E-state index contributed by atoms with van der Waals surface area (Å²) in [6, 6.07) is 4.11. The molecule has 2 rings (SSSR count). The van der Waals surface area contributed by atoms with Crippen LogP contribution in [0.3, 0.4) is 0 Å². The molecule has 0 saturated heterocycles. The van der Waals surface area contributed by atoms with Crippen molar-refractivity contribution in [3.05, 3.63) is 34.9 Å². The van der Waals surface area contributed by atoms with Crippen LogP contribution in [0, 0.1) is 13.8 Å². The van der Waals surface area contributed by atoms with Gasteiger partial charge in [-0.1, -0.05) is 0 Å². The van der Waals surface area contributed by atoms with Crippen molar-refractivity contribution in [2.45, 2.75) is 39.8 Å². The van der Waals surface area contributed by atoms with Crippen molar-refractivity contribution in [2.24, 2.45) is 12.8 Å². The lowest BCUT2D eigenvalue weighted by Crippen LogP contribution is -2.19. The maximum atomic E-state index is 6.29. The van der Waals surface area contributed by atoms with E-state index in [1.807, 2.05) is 30.3 Å². The summed E-state index contributed by atoms with van der Waals surface area (Å²) >= 11 is 0. The molecule has 5 nitrogen and oxygen atoms in total. The van der Waals surface area contributed by atoms with Crippen molar-refractivity contribution in [3.8, 4) is 0 Å². The fraction of sp³-hybridized carbons (Fsp3) is 0.538. The lowest BCUT2D eigenvalue weighted by atomic mass is 10.1. The van der Waals surface area contributed by atoms with Crippen molar-refractivity contribution < 1.29 is 0 Å². The largest absolute Gasteiger partial charge is 0.322 e. The van der Waals surface area contributed by atoms with Gasteiger partial charge in [0.05, 0.1) is 23.1 Å². The molecule has 0 aliphatic carbocycles. The first-order chi connectivity index (χ1) is 8.51. The zero-order valence-corrected chi connectivity index (χ0v) is 11.5. The molecular weight excluding hydrogens is 226 g/mol. The number of aryl methyl sites for hydroxylation is 4. The fourth-order valence-corrected chi connectivity index (χ4v) is 2.30. The molecule has 0 aliphatic heterocycles. The van der Waals surface area contributed by atoms with Crippen LogP contribution in [0.25, 0.3) is 0 Å². The quantitative estimate of drug-likeness (QED) is 0.890. The van der Waals surface area contributed by atoms with Crippen LogP contribution in [-0.2, 0) is 20.0 Å². The van der Waals surface area contributed by atoms with Gasteiger partial charge in [0.1, 0.15) is 0 Å². The molecule has 5 heteroatoms. The minimum atomic E-state index is -0.0408. The smallest absolute Gasteiger partial charge is 0.0597 e. The van der Waals surface area contributed by atoms with Gasteiger partial charge in [-0.3, -0.25) is 9.36 Å². The van der Waals surface area contributed by atoms with Crippen LogP contribution in [-0.4, -0.2) is 19.6 Å². The minimum Gasteiger partial charge on any atom is -0.322 e. The molecule has 98 valence electrons. The number of aromatic nitrogens is 4. The Balaban J connectivity index is 2.21. The Labute approximate surface area is 108 Å². The van der Waals surface area contributed by atoms with Gasteiger partial charge in [0.15, 0.2) is 0 Å². The Bertz CT molecular complexity index is 538. The topological polar surface area (TPSA) is 61.7 Å². The SMILES string of the molecule is CCn1nc(C)cc1C(N)Cc1cc(C)nn1C. The molecule has 0 amide bonds. The van der Waals surface area contributed by atoms with E-state index in [-0.39, 0.29) is 6.04 Å². The molecule has 0 aliphatic rings. The highest BCUT2D eigenvalue weighted by atomic mass is 15.3. The van der Waals surface area contributed by atoms with E-state index in [0.29, 0.717) is 0 Å². The van der Waals surface area contributed by atoms with Crippen LogP contribution in [0.5, 0.6) is 0 Å². The maximum absolute atomic E-state index is 6.29. The zero-order chi connectivity index (χ0) is 13.3. The van der Waals surface area contributed by atoms with E-state index in [1.54, 1.807) is 0 Å². The summed E-state index contributed by atoms with van der Waals surface area (Å²) in [5.41, 5.74) is 10.6. The van der Waals surface area contributed by atoms with Gasteiger partial charge in [-0.05, 0) is 32.9 Å². The lowest BCUT2D eigenvalue weighted by molar-refractivity contribution is 0.553. The molecule has 0 saturated carbocycles. The van der Waals surface area contributed by atoms with Crippen molar-refractivity contribution in [1.82, 2.24) is 19.6 Å². The summed E-state index contributed by atoms with van der Waals surface area (Å²) in [6.45, 7) is 6.92. The van der Waals surface area contributed by atoms with E-state index in [1.165, 1.54) is 0 Å². The normalized spacial score (nSPS) is 12.9. The van der Waals surface area contributed by atoms with Crippen LogP contribution in [0.4, 0.5) is 0 Å². The van der Waals surface area contributed by atoms with Gasteiger partial charge in [0.2, 0.25) is 0 Å². The van der Waals surface area contributed by atoms with E-state index in [9.17, 15) is 0 Å². The first-order valence-corrected chi connectivity index (χ1v) is 6.30. The van der Waals surface area contributed by atoms with E-state index in [0.717, 1.165) is 35.7 Å². The molecule has 0 fully saturated rings. The predicted octanol–water partition coefficient (Wildman–Crippen LogP) is 1.50. The highest BCUT2D eigenvalue weighted by Gasteiger charge is 2.15. The van der Waals surface area contributed by atoms with Crippen molar-refractivity contribution in [2.75, 3.05) is 0 Å². The first kappa shape index (κ1) is 12.8. The number of nitrogens with zero attached hydrogens (tertiary/aromatic N) is 4. The van der Waals surface area contributed by atoms with E-state index in [2.05, 4.69) is 29.3 Å². The Hall–Kier alpha value is -1.62. The molecule has 0 spiro atoms. The summed E-state index contributed by atoms with van der Waals surface area (Å²) in [7, 11) is 1.96. The standard InChI is InChI=1S/C13H21N5/c1-5-18-13(7-10(3)16-18)12(14)8-11-6-9(2)15-17(11)4/h6-7,12H,5,8,14H2,1-4H3. The lowest BCUT2D eigenvalue weighted by Gasteiger charge is -2.13. The average molecular weight is 247 g/mol. The second-order valence-electron chi connectivity index (χ2n) is 4.74. The Morgan fingerprint density at radius 2 is 1.89 bits per heavy atom. The van der Waals surface area contributed by atoms with Crippen LogP contribution < -0.4 is 5.73 Å². The van der Waals surface area contributed by atoms with Gasteiger partial charge in [-0.2, -0.15) is 10.2 Å². The zero-order valence-electron chi connectivity index (χ0n) is 11.5. The van der Waals surface area contributed by atoms with Gasteiger partial charge in [-0.15, -0.1) is 0 Å². The summed E-state index contributed by atoms with van der Waals surface area (Å²) < 4.78 is 3.87. The number of hydrogen-bond donors (Lipinski definition) is 1. The van der Waals surface area contributed by atoms with E-state index >= 15 is 0 Å². The van der Waals surface area contributed by atoms with Gasteiger partial charge < -0.3 is 5.73 Å². The first-order valence-electron chi connectivity index (χ1n) is 6.30. The number of hydrogen-bond acceptors (Lipinski definition) is 3. The third-order valence-corrected chi connectivity index (χ3v) is 3.14. The summed E-state index contributed by atoms with van der Waals surface area (Å²) in [5.74, 6) is 0. The van der Waals surface area contributed by atoms with Gasteiger partial charge in [0.25, 0.3) is 0 Å². The maximum Gasteiger partial charge on any atom is 0.0597 e. The van der Waals surface area contributed by atoms with E-state index in [4.69, 9.17) is 5.73 Å². The molecule has 2 aromatic rings. The van der Waals surface area contributed by atoms with Crippen molar-refractivity contribution >= 4 is 0 Å². The molecule has 0 aromatic carbocycles. The summed E-state index contributed by atoms with van der Waals surface area (Å²) in [5, 5.41) is 8.78. The molecule has 1 unspecified atom stereocenters. The summed E-state index contributed by atoms with van der Waals surface area (Å²) in [4.78, 5) is 0. The fourth-order valence-electron chi connectivity index (χ4n) is 2.30. The van der Waals surface area contributed by atoms with Gasteiger partial charge >= 0.3 is 0 Å². The number of nitrogens with two attached hydrogens (primary N) is 1. The van der Waals surface area contributed by atoms with Gasteiger partial charge in [0, 0.05) is 25.7 Å². The Morgan fingerprint density at radius 3 is 2.44 bits per heavy atom. The predicted molar refractivity (Wildman–Crippen MR) is 71.2 cm³/mol. The molecule has 18 heavy (non-hydrogen) atoms. The summed E-state index contributed by atoms with van der Waals surface area (Å²) in [6.07, 6.45) is 0.780. The molecule has 2 heterocycles. The molecule has 0 radical (unpaired) electrons. The molecular formula is C13H21N5. The van der Waals surface area contributed by atoms with Crippen LogP contribution >= 0.6 is 0 Å². The van der Waals surface area contributed by atoms with Crippen LogP contribution in [0.15, 0.2) is 12.1 Å². The van der Waals surface area contributed by atoms with Crippen molar-refractivity contribution in [3.63, 3.8) is 0 Å². The number of rotatable bonds is 4. The van der Waals surface area contributed by atoms with Crippen molar-refractivity contribution in [1.29, 1.82) is 0 Å². The highest BCUT2D eigenvalue weighted by Crippen LogP contribution is 2.17. The molecule has 1 atom stereocenters. The molecule has 0 bridgehead atoms. The average Bonchev–Trinajstić information content (AvgIpc) is 2.82. The van der Waals surface area contributed by atoms with E-state index < -0.39 is 0 Å². The Kier molecular flexibility index (Phi) is 3.52. The second kappa shape index (κ2) is 4.94. The van der Waals surface area contributed by atoms with Crippen LogP contribution in [0.2, 0.25) is 0 Å².